The first kappa shape index (κ1) is 13.3. The van der Waals surface area contributed by atoms with E-state index < -0.39 is 0 Å². The largest absolute Gasteiger partial charge is 0.378 e. The lowest BCUT2D eigenvalue weighted by molar-refractivity contribution is 0.0122. The van der Waals surface area contributed by atoms with Crippen molar-refractivity contribution in [1.29, 1.82) is 0 Å². The van der Waals surface area contributed by atoms with Crippen molar-refractivity contribution in [1.82, 2.24) is 5.32 Å². The molecule has 0 amide bonds. The van der Waals surface area contributed by atoms with E-state index in [0.717, 1.165) is 26.1 Å². The Labute approximate surface area is 98.6 Å². The fourth-order valence-electron chi connectivity index (χ4n) is 1.73. The smallest absolute Gasteiger partial charge is 0.188 e. The average Bonchev–Trinajstić information content (AvgIpc) is 2.28. The van der Waals surface area contributed by atoms with Crippen molar-refractivity contribution in [3.63, 3.8) is 0 Å². The zero-order valence-electron chi connectivity index (χ0n) is 10.5. The molecule has 1 fully saturated rings. The third kappa shape index (κ3) is 5.95. The Morgan fingerprint density at radius 2 is 2.31 bits per heavy atom. The van der Waals surface area contributed by atoms with Crippen LogP contribution in [0.5, 0.6) is 0 Å². The van der Waals surface area contributed by atoms with E-state index in [2.05, 4.69) is 24.2 Å². The quantitative estimate of drug-likeness (QED) is 0.553. The summed E-state index contributed by atoms with van der Waals surface area (Å²) in [5.74, 6) is 1.12. The van der Waals surface area contributed by atoms with Crippen LogP contribution in [0.15, 0.2) is 4.99 Å². The van der Waals surface area contributed by atoms with E-state index in [9.17, 15) is 0 Å². The third-order valence-electron chi connectivity index (χ3n) is 2.67. The fourth-order valence-corrected chi connectivity index (χ4v) is 1.73. The van der Waals surface area contributed by atoms with Crippen LogP contribution >= 0.6 is 0 Å². The predicted molar refractivity (Wildman–Crippen MR) is 67.5 cm³/mol. The van der Waals surface area contributed by atoms with Crippen LogP contribution in [0.3, 0.4) is 0 Å². The molecule has 1 unspecified atom stereocenters. The van der Waals surface area contributed by atoms with Gasteiger partial charge in [0.25, 0.3) is 0 Å². The van der Waals surface area contributed by atoms with Crippen LogP contribution < -0.4 is 11.1 Å². The summed E-state index contributed by atoms with van der Waals surface area (Å²) in [5, 5.41) is 3.13. The van der Waals surface area contributed by atoms with Gasteiger partial charge >= 0.3 is 0 Å². The van der Waals surface area contributed by atoms with Crippen molar-refractivity contribution in [2.75, 3.05) is 19.7 Å². The molecule has 4 nitrogen and oxygen atoms in total. The number of rotatable bonds is 5. The molecule has 1 saturated heterocycles. The molecule has 3 N–H and O–H groups in total. The Kier molecular flexibility index (Phi) is 6.23. The number of nitrogens with two attached hydrogens (primary N) is 1. The molecular formula is C12H25N3O. The van der Waals surface area contributed by atoms with Crippen molar-refractivity contribution < 1.29 is 4.74 Å². The highest BCUT2D eigenvalue weighted by Gasteiger charge is 2.12. The van der Waals surface area contributed by atoms with E-state index in [-0.39, 0.29) is 0 Å². The predicted octanol–water partition coefficient (Wildman–Crippen LogP) is 1.51. The zero-order chi connectivity index (χ0) is 11.8. The second kappa shape index (κ2) is 7.49. The normalized spacial score (nSPS) is 22.4. The summed E-state index contributed by atoms with van der Waals surface area (Å²) >= 11 is 0. The molecule has 0 bridgehead atoms. The van der Waals surface area contributed by atoms with Crippen LogP contribution in [0.1, 0.15) is 39.5 Å². The van der Waals surface area contributed by atoms with Gasteiger partial charge in [-0.05, 0) is 31.6 Å². The molecular weight excluding hydrogens is 202 g/mol. The molecule has 0 aromatic heterocycles. The lowest BCUT2D eigenvalue weighted by atomic mass is 10.1. The molecule has 0 aromatic carbocycles. The van der Waals surface area contributed by atoms with Crippen LogP contribution in [-0.2, 0) is 4.74 Å². The molecule has 1 rings (SSSR count). The highest BCUT2D eigenvalue weighted by molar-refractivity contribution is 5.77. The number of nitrogens with one attached hydrogen (secondary N) is 1. The van der Waals surface area contributed by atoms with E-state index in [1.54, 1.807) is 0 Å². The van der Waals surface area contributed by atoms with E-state index >= 15 is 0 Å². The fraction of sp³-hybridized carbons (Fsp3) is 0.917. The lowest BCUT2D eigenvalue weighted by Crippen LogP contribution is -2.35. The first-order chi connectivity index (χ1) is 7.68. The summed E-state index contributed by atoms with van der Waals surface area (Å²) in [6, 6.07) is 0. The summed E-state index contributed by atoms with van der Waals surface area (Å²) in [4.78, 5) is 4.25. The van der Waals surface area contributed by atoms with E-state index in [4.69, 9.17) is 10.5 Å². The zero-order valence-corrected chi connectivity index (χ0v) is 10.5. The standard InChI is InChI=1S/C12H25N3O/c1-10(2)9-15-12(13)14-7-6-11-5-3-4-8-16-11/h10-11H,3-9H2,1-2H3,(H3,13,14,15). The Bertz CT molecular complexity index is 210. The number of hydrogen-bond acceptors (Lipinski definition) is 2. The summed E-state index contributed by atoms with van der Waals surface area (Å²) in [7, 11) is 0. The van der Waals surface area contributed by atoms with Gasteiger partial charge in [-0.1, -0.05) is 13.8 Å². The van der Waals surface area contributed by atoms with Gasteiger partial charge in [0.05, 0.1) is 6.10 Å². The van der Waals surface area contributed by atoms with Crippen LogP contribution in [0, 0.1) is 5.92 Å². The monoisotopic (exact) mass is 227 g/mol. The highest BCUT2D eigenvalue weighted by Crippen LogP contribution is 2.14. The Morgan fingerprint density at radius 3 is 2.94 bits per heavy atom. The SMILES string of the molecule is CC(C)CN=C(N)NCCC1CCCCO1. The number of hydrogen-bond donors (Lipinski definition) is 2. The minimum atomic E-state index is 0.416. The number of guanidine groups is 1. The lowest BCUT2D eigenvalue weighted by Gasteiger charge is -2.22. The summed E-state index contributed by atoms with van der Waals surface area (Å²) in [6.07, 6.45) is 5.13. The molecule has 0 radical (unpaired) electrons. The molecule has 4 heteroatoms. The van der Waals surface area contributed by atoms with E-state index in [0.29, 0.717) is 18.0 Å². The number of ether oxygens (including phenoxy) is 1. The van der Waals surface area contributed by atoms with Crippen LogP contribution in [0.25, 0.3) is 0 Å². The van der Waals surface area contributed by atoms with Gasteiger partial charge in [0, 0.05) is 19.7 Å². The molecule has 1 aliphatic heterocycles. The molecule has 94 valence electrons. The van der Waals surface area contributed by atoms with Gasteiger partial charge in [0.15, 0.2) is 5.96 Å². The van der Waals surface area contributed by atoms with Crippen LogP contribution in [0.4, 0.5) is 0 Å². The molecule has 0 saturated carbocycles. The maximum absolute atomic E-state index is 5.74. The van der Waals surface area contributed by atoms with Crippen molar-refractivity contribution in [3.05, 3.63) is 0 Å². The van der Waals surface area contributed by atoms with Gasteiger partial charge in [0.1, 0.15) is 0 Å². The van der Waals surface area contributed by atoms with Gasteiger partial charge < -0.3 is 15.8 Å². The maximum atomic E-state index is 5.74. The van der Waals surface area contributed by atoms with Crippen LogP contribution in [0.2, 0.25) is 0 Å². The van der Waals surface area contributed by atoms with Crippen molar-refractivity contribution in [2.24, 2.45) is 16.6 Å². The van der Waals surface area contributed by atoms with Crippen molar-refractivity contribution >= 4 is 5.96 Å². The van der Waals surface area contributed by atoms with Gasteiger partial charge in [0.2, 0.25) is 0 Å². The Morgan fingerprint density at radius 1 is 1.50 bits per heavy atom. The van der Waals surface area contributed by atoms with Gasteiger partial charge in [-0.15, -0.1) is 0 Å². The second-order valence-electron chi connectivity index (χ2n) is 4.82. The van der Waals surface area contributed by atoms with E-state index in [1.807, 2.05) is 0 Å². The summed E-state index contributed by atoms with van der Waals surface area (Å²) < 4.78 is 5.64. The minimum absolute atomic E-state index is 0.416. The van der Waals surface area contributed by atoms with Gasteiger partial charge in [-0.3, -0.25) is 4.99 Å². The van der Waals surface area contributed by atoms with Gasteiger partial charge in [-0.2, -0.15) is 0 Å². The number of nitrogens with zero attached hydrogens (tertiary/aromatic N) is 1. The second-order valence-corrected chi connectivity index (χ2v) is 4.82. The summed E-state index contributed by atoms with van der Waals surface area (Å²) in [5.41, 5.74) is 5.74. The van der Waals surface area contributed by atoms with Crippen LogP contribution in [-0.4, -0.2) is 31.8 Å². The first-order valence-corrected chi connectivity index (χ1v) is 6.34. The van der Waals surface area contributed by atoms with E-state index in [1.165, 1.54) is 19.3 Å². The molecule has 1 atom stereocenters. The molecule has 1 heterocycles. The van der Waals surface area contributed by atoms with Crippen molar-refractivity contribution in [2.45, 2.75) is 45.6 Å². The maximum Gasteiger partial charge on any atom is 0.188 e. The third-order valence-corrected chi connectivity index (χ3v) is 2.67. The Hall–Kier alpha value is -0.770. The molecule has 0 spiro atoms. The summed E-state index contributed by atoms with van der Waals surface area (Å²) in [6.45, 7) is 6.83. The highest BCUT2D eigenvalue weighted by atomic mass is 16.5. The molecule has 1 aliphatic rings. The Balaban J connectivity index is 2.07. The molecule has 0 aromatic rings. The minimum Gasteiger partial charge on any atom is -0.378 e. The topological polar surface area (TPSA) is 59.6 Å². The molecule has 0 aliphatic carbocycles. The average molecular weight is 227 g/mol. The molecule has 16 heavy (non-hydrogen) atoms. The number of aliphatic imine (C=N–C) groups is 1. The van der Waals surface area contributed by atoms with Crippen molar-refractivity contribution in [3.8, 4) is 0 Å². The first-order valence-electron chi connectivity index (χ1n) is 6.34. The van der Waals surface area contributed by atoms with Gasteiger partial charge in [-0.25, -0.2) is 0 Å².